The number of aromatic amines is 1. The van der Waals surface area contributed by atoms with Gasteiger partial charge >= 0.3 is 0 Å². The van der Waals surface area contributed by atoms with Crippen molar-refractivity contribution in [3.05, 3.63) is 64.5 Å². The standard InChI is InChI=1S/C18H20N2/c1-12-5-4-6-15(9-12)7-8-18-19-16-10-13(2)14(3)11-17(16)20-18/h4-6,9-11H,7-8H2,1-3H3,(H,19,20). The molecular weight excluding hydrogens is 244 g/mol. The van der Waals surface area contributed by atoms with Gasteiger partial charge in [0, 0.05) is 6.42 Å². The van der Waals surface area contributed by atoms with Crippen LogP contribution < -0.4 is 0 Å². The van der Waals surface area contributed by atoms with Crippen LogP contribution in [-0.2, 0) is 12.8 Å². The summed E-state index contributed by atoms with van der Waals surface area (Å²) in [6, 6.07) is 13.0. The number of nitrogens with zero attached hydrogens (tertiary/aromatic N) is 1. The number of aromatic nitrogens is 2. The number of fused-ring (bicyclic) bond motifs is 1. The van der Waals surface area contributed by atoms with E-state index in [2.05, 4.69) is 62.2 Å². The molecule has 20 heavy (non-hydrogen) atoms. The molecule has 0 aliphatic carbocycles. The number of imidazole rings is 1. The average Bonchev–Trinajstić information content (AvgIpc) is 2.79. The SMILES string of the molecule is Cc1cccc(CCc2nc3cc(C)c(C)cc3[nH]2)c1. The van der Waals surface area contributed by atoms with Gasteiger partial charge < -0.3 is 4.98 Å². The second kappa shape index (κ2) is 5.12. The molecule has 2 nitrogen and oxygen atoms in total. The molecule has 2 aromatic carbocycles. The molecule has 1 heterocycles. The molecule has 0 aliphatic rings. The van der Waals surface area contributed by atoms with Crippen LogP contribution in [-0.4, -0.2) is 9.97 Å². The first-order valence-corrected chi connectivity index (χ1v) is 7.13. The molecule has 0 fully saturated rings. The molecule has 0 unspecified atom stereocenters. The minimum Gasteiger partial charge on any atom is -0.342 e. The number of nitrogens with one attached hydrogen (secondary N) is 1. The van der Waals surface area contributed by atoms with E-state index in [0.29, 0.717) is 0 Å². The Hall–Kier alpha value is -2.09. The Morgan fingerprint density at radius 2 is 1.75 bits per heavy atom. The van der Waals surface area contributed by atoms with Gasteiger partial charge in [0.2, 0.25) is 0 Å². The molecule has 0 saturated carbocycles. The van der Waals surface area contributed by atoms with Crippen molar-refractivity contribution in [2.24, 2.45) is 0 Å². The van der Waals surface area contributed by atoms with E-state index in [1.54, 1.807) is 0 Å². The smallest absolute Gasteiger partial charge is 0.107 e. The molecule has 1 N–H and O–H groups in total. The van der Waals surface area contributed by atoms with Crippen LogP contribution in [0, 0.1) is 20.8 Å². The summed E-state index contributed by atoms with van der Waals surface area (Å²) in [5.41, 5.74) is 7.52. The summed E-state index contributed by atoms with van der Waals surface area (Å²) in [7, 11) is 0. The molecule has 0 amide bonds. The number of benzene rings is 2. The van der Waals surface area contributed by atoms with Crippen LogP contribution in [0.25, 0.3) is 11.0 Å². The van der Waals surface area contributed by atoms with E-state index in [1.165, 1.54) is 22.3 Å². The van der Waals surface area contributed by atoms with Gasteiger partial charge in [0.05, 0.1) is 11.0 Å². The van der Waals surface area contributed by atoms with Crippen LogP contribution >= 0.6 is 0 Å². The lowest BCUT2D eigenvalue weighted by atomic mass is 10.1. The summed E-state index contributed by atoms with van der Waals surface area (Å²) in [6.45, 7) is 6.41. The third kappa shape index (κ3) is 2.60. The van der Waals surface area contributed by atoms with Crippen LogP contribution in [0.3, 0.4) is 0 Å². The van der Waals surface area contributed by atoms with Crippen molar-refractivity contribution in [2.75, 3.05) is 0 Å². The van der Waals surface area contributed by atoms with Gasteiger partial charge in [-0.1, -0.05) is 29.8 Å². The Bertz CT molecular complexity index is 714. The van der Waals surface area contributed by atoms with Crippen molar-refractivity contribution in [3.8, 4) is 0 Å². The number of rotatable bonds is 3. The normalized spacial score (nSPS) is 11.2. The topological polar surface area (TPSA) is 28.7 Å². The number of hydrogen-bond acceptors (Lipinski definition) is 1. The fourth-order valence-electron chi connectivity index (χ4n) is 2.57. The molecular formula is C18H20N2. The van der Waals surface area contributed by atoms with Gasteiger partial charge in [-0.3, -0.25) is 0 Å². The second-order valence-corrected chi connectivity index (χ2v) is 5.63. The van der Waals surface area contributed by atoms with E-state index in [-0.39, 0.29) is 0 Å². The highest BCUT2D eigenvalue weighted by Crippen LogP contribution is 2.18. The first-order chi connectivity index (χ1) is 9.61. The molecule has 0 atom stereocenters. The monoisotopic (exact) mass is 264 g/mol. The summed E-state index contributed by atoms with van der Waals surface area (Å²) in [5, 5.41) is 0. The Kier molecular flexibility index (Phi) is 3.31. The quantitative estimate of drug-likeness (QED) is 0.751. The van der Waals surface area contributed by atoms with Gasteiger partial charge in [-0.15, -0.1) is 0 Å². The molecule has 0 aliphatic heterocycles. The van der Waals surface area contributed by atoms with Gasteiger partial charge in [0.15, 0.2) is 0 Å². The Labute approximate surface area is 119 Å². The zero-order valence-corrected chi connectivity index (χ0v) is 12.3. The first-order valence-electron chi connectivity index (χ1n) is 7.13. The summed E-state index contributed by atoms with van der Waals surface area (Å²) in [4.78, 5) is 8.13. The van der Waals surface area contributed by atoms with Gasteiger partial charge in [0.1, 0.15) is 5.82 Å². The van der Waals surface area contributed by atoms with Gasteiger partial charge in [-0.2, -0.15) is 0 Å². The second-order valence-electron chi connectivity index (χ2n) is 5.63. The zero-order valence-electron chi connectivity index (χ0n) is 12.3. The van der Waals surface area contributed by atoms with Crippen molar-refractivity contribution < 1.29 is 0 Å². The first kappa shape index (κ1) is 12.9. The lowest BCUT2D eigenvalue weighted by molar-refractivity contribution is 0.889. The van der Waals surface area contributed by atoms with Crippen molar-refractivity contribution >= 4 is 11.0 Å². The Morgan fingerprint density at radius 3 is 2.55 bits per heavy atom. The number of H-pyrrole nitrogens is 1. The minimum absolute atomic E-state index is 0.955. The van der Waals surface area contributed by atoms with Crippen molar-refractivity contribution in [2.45, 2.75) is 33.6 Å². The van der Waals surface area contributed by atoms with E-state index < -0.39 is 0 Å². The Morgan fingerprint density at radius 1 is 0.950 bits per heavy atom. The number of hydrogen-bond donors (Lipinski definition) is 1. The third-order valence-corrected chi connectivity index (χ3v) is 3.88. The molecule has 0 saturated heterocycles. The molecule has 1 aromatic heterocycles. The van der Waals surface area contributed by atoms with E-state index in [4.69, 9.17) is 4.98 Å². The van der Waals surface area contributed by atoms with Crippen LogP contribution in [0.5, 0.6) is 0 Å². The highest BCUT2D eigenvalue weighted by atomic mass is 14.9. The predicted molar refractivity (Wildman–Crippen MR) is 84.2 cm³/mol. The van der Waals surface area contributed by atoms with Crippen molar-refractivity contribution in [1.82, 2.24) is 9.97 Å². The van der Waals surface area contributed by atoms with Gasteiger partial charge in [-0.25, -0.2) is 4.98 Å². The van der Waals surface area contributed by atoms with Crippen molar-refractivity contribution in [1.29, 1.82) is 0 Å². The van der Waals surface area contributed by atoms with Crippen LogP contribution in [0.15, 0.2) is 36.4 Å². The van der Waals surface area contributed by atoms with Gasteiger partial charge in [0.25, 0.3) is 0 Å². The van der Waals surface area contributed by atoms with Crippen LogP contribution in [0.4, 0.5) is 0 Å². The largest absolute Gasteiger partial charge is 0.342 e. The highest BCUT2D eigenvalue weighted by molar-refractivity contribution is 5.77. The summed E-state index contributed by atoms with van der Waals surface area (Å²) in [5.74, 6) is 1.08. The van der Waals surface area contributed by atoms with Crippen LogP contribution in [0.2, 0.25) is 0 Å². The van der Waals surface area contributed by atoms with Gasteiger partial charge in [-0.05, 0) is 56.0 Å². The summed E-state index contributed by atoms with van der Waals surface area (Å²) in [6.07, 6.45) is 1.98. The fourth-order valence-corrected chi connectivity index (χ4v) is 2.57. The molecule has 102 valence electrons. The lowest BCUT2D eigenvalue weighted by Gasteiger charge is -2.00. The summed E-state index contributed by atoms with van der Waals surface area (Å²) < 4.78 is 0. The fraction of sp³-hybridized carbons (Fsp3) is 0.278. The minimum atomic E-state index is 0.955. The molecule has 0 bridgehead atoms. The molecule has 0 spiro atoms. The maximum absolute atomic E-state index is 4.70. The maximum Gasteiger partial charge on any atom is 0.107 e. The number of aryl methyl sites for hydroxylation is 5. The van der Waals surface area contributed by atoms with Crippen molar-refractivity contribution in [3.63, 3.8) is 0 Å². The molecule has 3 aromatic rings. The van der Waals surface area contributed by atoms with E-state index in [9.17, 15) is 0 Å². The van der Waals surface area contributed by atoms with E-state index >= 15 is 0 Å². The summed E-state index contributed by atoms with van der Waals surface area (Å²) >= 11 is 0. The lowest BCUT2D eigenvalue weighted by Crippen LogP contribution is -1.93. The van der Waals surface area contributed by atoms with E-state index in [0.717, 1.165) is 29.7 Å². The predicted octanol–water partition coefficient (Wildman–Crippen LogP) is 4.27. The third-order valence-electron chi connectivity index (χ3n) is 3.88. The molecule has 2 heteroatoms. The molecule has 3 rings (SSSR count). The molecule has 0 radical (unpaired) electrons. The van der Waals surface area contributed by atoms with E-state index in [1.807, 2.05) is 0 Å². The average molecular weight is 264 g/mol. The van der Waals surface area contributed by atoms with Crippen LogP contribution in [0.1, 0.15) is 28.1 Å². The zero-order chi connectivity index (χ0) is 14.1. The Balaban J connectivity index is 1.81. The highest BCUT2D eigenvalue weighted by Gasteiger charge is 2.05. The maximum atomic E-state index is 4.70.